The molecule has 0 spiro atoms. The van der Waals surface area contributed by atoms with Gasteiger partial charge in [-0.15, -0.1) is 0 Å². The van der Waals surface area contributed by atoms with E-state index in [1.165, 1.54) is 6.20 Å². The second-order valence-corrected chi connectivity index (χ2v) is 4.51. The van der Waals surface area contributed by atoms with Crippen LogP contribution in [0, 0.1) is 0 Å². The lowest BCUT2D eigenvalue weighted by atomic mass is 10.1. The Morgan fingerprint density at radius 2 is 2.22 bits per heavy atom. The van der Waals surface area contributed by atoms with Crippen molar-refractivity contribution in [3.8, 4) is 0 Å². The summed E-state index contributed by atoms with van der Waals surface area (Å²) in [6, 6.07) is 0. The number of aliphatic hydroxyl groups excluding tert-OH is 1. The van der Waals surface area contributed by atoms with Crippen LogP contribution >= 0.6 is 11.6 Å². The van der Waals surface area contributed by atoms with Gasteiger partial charge in [-0.05, 0) is 6.42 Å². The number of methoxy groups -OCH3 is 2. The van der Waals surface area contributed by atoms with Gasteiger partial charge in [-0.3, -0.25) is 4.68 Å². The molecule has 0 aromatic carbocycles. The average molecular weight is 277 g/mol. The van der Waals surface area contributed by atoms with Crippen LogP contribution < -0.4 is 0 Å². The molecule has 104 valence electrons. The van der Waals surface area contributed by atoms with Crippen molar-refractivity contribution < 1.29 is 14.6 Å². The predicted molar refractivity (Wildman–Crippen MR) is 69.8 cm³/mol. The average Bonchev–Trinajstić information content (AvgIpc) is 2.73. The first-order chi connectivity index (χ1) is 8.65. The van der Waals surface area contributed by atoms with Crippen LogP contribution in [0.15, 0.2) is 6.20 Å². The highest BCUT2D eigenvalue weighted by Gasteiger charge is 2.26. The molecule has 0 radical (unpaired) electrons. The fraction of sp³-hybridized carbons (Fsp3) is 0.750. The highest BCUT2D eigenvalue weighted by atomic mass is 35.5. The minimum Gasteiger partial charge on any atom is -0.384 e. The minimum atomic E-state index is -0.776. The number of hydrogen-bond donors (Lipinski definition) is 1. The predicted octanol–water partition coefficient (Wildman–Crippen LogP) is 2.03. The van der Waals surface area contributed by atoms with Gasteiger partial charge in [0.1, 0.15) is 6.10 Å². The monoisotopic (exact) mass is 276 g/mol. The Morgan fingerprint density at radius 1 is 1.50 bits per heavy atom. The lowest BCUT2D eigenvalue weighted by Crippen LogP contribution is -2.24. The molecule has 0 bridgehead atoms. The third-order valence-corrected chi connectivity index (χ3v) is 3.14. The van der Waals surface area contributed by atoms with E-state index in [9.17, 15) is 5.11 Å². The van der Waals surface area contributed by atoms with E-state index in [4.69, 9.17) is 21.1 Å². The second-order valence-electron chi connectivity index (χ2n) is 4.10. The third kappa shape index (κ3) is 3.68. The molecule has 0 saturated carbocycles. The van der Waals surface area contributed by atoms with Crippen molar-refractivity contribution in [1.29, 1.82) is 0 Å². The number of ether oxygens (including phenoxy) is 2. The summed E-state index contributed by atoms with van der Waals surface area (Å²) in [6.45, 7) is 3.11. The normalized spacial score (nSPS) is 14.7. The van der Waals surface area contributed by atoms with Crippen molar-refractivity contribution in [3.05, 3.63) is 16.9 Å². The molecule has 1 rings (SSSR count). The molecular weight excluding hydrogens is 256 g/mol. The molecule has 0 amide bonds. The first-order valence-corrected chi connectivity index (χ1v) is 6.44. The summed E-state index contributed by atoms with van der Waals surface area (Å²) in [6.07, 6.45) is 2.18. The van der Waals surface area contributed by atoms with Crippen molar-refractivity contribution >= 4 is 11.6 Å². The maximum atomic E-state index is 10.4. The van der Waals surface area contributed by atoms with Crippen molar-refractivity contribution in [2.75, 3.05) is 20.8 Å². The summed E-state index contributed by atoms with van der Waals surface area (Å²) in [5.41, 5.74) is 0.592. The Labute approximate surface area is 113 Å². The molecule has 1 heterocycles. The highest BCUT2D eigenvalue weighted by Crippen LogP contribution is 2.28. The van der Waals surface area contributed by atoms with Crippen LogP contribution in [0.3, 0.4) is 0 Å². The molecular formula is C12H21ClN2O3. The van der Waals surface area contributed by atoms with Crippen LogP contribution in [0.25, 0.3) is 0 Å². The summed E-state index contributed by atoms with van der Waals surface area (Å²) in [4.78, 5) is 0. The SMILES string of the molecule is CCCC(OC)C(O)c1c(Cl)cnn1CCOC. The number of halogens is 1. The van der Waals surface area contributed by atoms with Gasteiger partial charge in [-0.2, -0.15) is 5.10 Å². The zero-order valence-electron chi connectivity index (χ0n) is 11.1. The van der Waals surface area contributed by atoms with Crippen molar-refractivity contribution in [2.45, 2.75) is 38.5 Å². The lowest BCUT2D eigenvalue weighted by molar-refractivity contribution is -0.0224. The molecule has 5 nitrogen and oxygen atoms in total. The summed E-state index contributed by atoms with van der Waals surface area (Å²) in [5.74, 6) is 0. The summed E-state index contributed by atoms with van der Waals surface area (Å²) in [5, 5.41) is 14.9. The van der Waals surface area contributed by atoms with E-state index in [1.807, 2.05) is 6.92 Å². The Bertz CT molecular complexity index is 357. The van der Waals surface area contributed by atoms with Crippen LogP contribution in [0.4, 0.5) is 0 Å². The second kappa shape index (κ2) is 7.74. The molecule has 0 aliphatic heterocycles. The quantitative estimate of drug-likeness (QED) is 0.789. The summed E-state index contributed by atoms with van der Waals surface area (Å²) in [7, 11) is 3.21. The Balaban J connectivity index is 2.88. The van der Waals surface area contributed by atoms with E-state index in [0.717, 1.165) is 12.8 Å². The first-order valence-electron chi connectivity index (χ1n) is 6.06. The Morgan fingerprint density at radius 3 is 2.78 bits per heavy atom. The maximum absolute atomic E-state index is 10.4. The molecule has 0 aliphatic carbocycles. The van der Waals surface area contributed by atoms with Gasteiger partial charge in [-0.1, -0.05) is 24.9 Å². The molecule has 0 fully saturated rings. The standard InChI is InChI=1S/C12H21ClN2O3/c1-4-5-10(18-3)12(16)11-9(13)8-14-15(11)6-7-17-2/h8,10,12,16H,4-7H2,1-3H3. The number of aliphatic hydroxyl groups is 1. The van der Waals surface area contributed by atoms with E-state index in [0.29, 0.717) is 23.9 Å². The molecule has 1 N–H and O–H groups in total. The largest absolute Gasteiger partial charge is 0.384 e. The highest BCUT2D eigenvalue weighted by molar-refractivity contribution is 6.31. The van der Waals surface area contributed by atoms with Crippen LogP contribution in [-0.4, -0.2) is 41.8 Å². The van der Waals surface area contributed by atoms with Gasteiger partial charge >= 0.3 is 0 Å². The molecule has 6 heteroatoms. The Hall–Kier alpha value is -0.620. The zero-order valence-corrected chi connectivity index (χ0v) is 11.9. The van der Waals surface area contributed by atoms with Crippen molar-refractivity contribution in [1.82, 2.24) is 9.78 Å². The number of rotatable bonds is 8. The fourth-order valence-electron chi connectivity index (χ4n) is 1.89. The maximum Gasteiger partial charge on any atom is 0.123 e. The smallest absolute Gasteiger partial charge is 0.123 e. The van der Waals surface area contributed by atoms with Gasteiger partial charge in [0.2, 0.25) is 0 Å². The Kier molecular flexibility index (Phi) is 6.63. The van der Waals surface area contributed by atoms with E-state index >= 15 is 0 Å². The minimum absolute atomic E-state index is 0.273. The van der Waals surface area contributed by atoms with E-state index < -0.39 is 6.10 Å². The lowest BCUT2D eigenvalue weighted by Gasteiger charge is -2.22. The van der Waals surface area contributed by atoms with Crippen LogP contribution in [0.5, 0.6) is 0 Å². The fourth-order valence-corrected chi connectivity index (χ4v) is 2.14. The number of nitrogens with zero attached hydrogens (tertiary/aromatic N) is 2. The molecule has 1 aromatic heterocycles. The number of hydrogen-bond acceptors (Lipinski definition) is 4. The van der Waals surface area contributed by atoms with Crippen LogP contribution in [0.1, 0.15) is 31.6 Å². The number of aromatic nitrogens is 2. The first kappa shape index (κ1) is 15.4. The van der Waals surface area contributed by atoms with Gasteiger partial charge in [0.05, 0.1) is 36.2 Å². The van der Waals surface area contributed by atoms with Gasteiger partial charge in [-0.25, -0.2) is 0 Å². The topological polar surface area (TPSA) is 56.5 Å². The molecule has 2 unspecified atom stereocenters. The zero-order chi connectivity index (χ0) is 13.5. The van der Waals surface area contributed by atoms with E-state index in [2.05, 4.69) is 5.10 Å². The van der Waals surface area contributed by atoms with Gasteiger partial charge < -0.3 is 14.6 Å². The molecule has 0 aliphatic rings. The summed E-state index contributed by atoms with van der Waals surface area (Å²) < 4.78 is 12.0. The van der Waals surface area contributed by atoms with Gasteiger partial charge in [0.15, 0.2) is 0 Å². The van der Waals surface area contributed by atoms with Gasteiger partial charge in [0, 0.05) is 14.2 Å². The van der Waals surface area contributed by atoms with Crippen molar-refractivity contribution in [3.63, 3.8) is 0 Å². The van der Waals surface area contributed by atoms with Gasteiger partial charge in [0.25, 0.3) is 0 Å². The van der Waals surface area contributed by atoms with Crippen molar-refractivity contribution in [2.24, 2.45) is 0 Å². The molecule has 2 atom stereocenters. The molecule has 18 heavy (non-hydrogen) atoms. The van der Waals surface area contributed by atoms with E-state index in [-0.39, 0.29) is 6.10 Å². The molecule has 0 saturated heterocycles. The van der Waals surface area contributed by atoms with Crippen LogP contribution in [0.2, 0.25) is 5.02 Å². The van der Waals surface area contributed by atoms with Crippen LogP contribution in [-0.2, 0) is 16.0 Å². The summed E-state index contributed by atoms with van der Waals surface area (Å²) >= 11 is 6.08. The molecule has 1 aromatic rings. The van der Waals surface area contributed by atoms with E-state index in [1.54, 1.807) is 18.9 Å². The third-order valence-electron chi connectivity index (χ3n) is 2.85.